The maximum Gasteiger partial charge on any atom is 0.252 e. The van der Waals surface area contributed by atoms with Gasteiger partial charge in [-0.3, -0.25) is 4.79 Å². The third-order valence-corrected chi connectivity index (χ3v) is 2.02. The van der Waals surface area contributed by atoms with E-state index in [1.807, 2.05) is 0 Å². The number of rotatable bonds is 2. The lowest BCUT2D eigenvalue weighted by molar-refractivity contribution is 0.0952. The molecule has 0 spiro atoms. The summed E-state index contributed by atoms with van der Waals surface area (Å²) < 4.78 is 12.9. The minimum Gasteiger partial charge on any atom is -0.352 e. The van der Waals surface area contributed by atoms with Crippen LogP contribution in [0.1, 0.15) is 17.3 Å². The highest BCUT2D eigenvalue weighted by Crippen LogP contribution is 2.17. The first-order valence-electron chi connectivity index (χ1n) is 3.92. The molecule has 0 heterocycles. The van der Waals surface area contributed by atoms with Gasteiger partial charge in [0.2, 0.25) is 0 Å². The largest absolute Gasteiger partial charge is 0.352 e. The van der Waals surface area contributed by atoms with Gasteiger partial charge in [-0.15, -0.1) is 12.6 Å². The summed E-state index contributed by atoms with van der Waals surface area (Å²) in [5.74, 6) is -0.779. The van der Waals surface area contributed by atoms with E-state index in [1.54, 1.807) is 6.92 Å². The molecule has 0 atom stereocenters. The molecule has 0 radical (unpaired) electrons. The van der Waals surface area contributed by atoms with Crippen molar-refractivity contribution >= 4 is 18.5 Å². The van der Waals surface area contributed by atoms with Crippen LogP contribution in [0.25, 0.3) is 0 Å². The van der Waals surface area contributed by atoms with Gasteiger partial charge in [0.1, 0.15) is 5.82 Å². The summed E-state index contributed by atoms with van der Waals surface area (Å²) in [5, 5.41) is 2.58. The lowest BCUT2D eigenvalue weighted by atomic mass is 10.2. The summed E-state index contributed by atoms with van der Waals surface area (Å²) in [5.41, 5.74) is 0.269. The second-order valence-electron chi connectivity index (χ2n) is 2.50. The first-order valence-corrected chi connectivity index (χ1v) is 4.37. The average molecular weight is 199 g/mol. The summed E-state index contributed by atoms with van der Waals surface area (Å²) in [4.78, 5) is 11.4. The van der Waals surface area contributed by atoms with E-state index >= 15 is 0 Å². The Kier molecular flexibility index (Phi) is 3.31. The molecule has 1 aromatic rings. The zero-order valence-corrected chi connectivity index (χ0v) is 8.07. The normalized spacial score (nSPS) is 9.77. The van der Waals surface area contributed by atoms with Gasteiger partial charge < -0.3 is 5.32 Å². The fourth-order valence-corrected chi connectivity index (χ4v) is 1.20. The molecule has 0 aliphatic heterocycles. The summed E-state index contributed by atoms with van der Waals surface area (Å²) in [6.45, 7) is 2.32. The van der Waals surface area contributed by atoms with Crippen LogP contribution >= 0.6 is 12.6 Å². The lowest BCUT2D eigenvalue weighted by Gasteiger charge is -2.04. The van der Waals surface area contributed by atoms with E-state index in [2.05, 4.69) is 17.9 Å². The first kappa shape index (κ1) is 10.1. The van der Waals surface area contributed by atoms with Crippen molar-refractivity contribution in [1.82, 2.24) is 5.32 Å². The molecule has 0 unspecified atom stereocenters. The van der Waals surface area contributed by atoms with Crippen LogP contribution < -0.4 is 5.32 Å². The number of hydrogen-bond donors (Lipinski definition) is 2. The summed E-state index contributed by atoms with van der Waals surface area (Å²) in [7, 11) is 0. The van der Waals surface area contributed by atoms with Crippen molar-refractivity contribution in [1.29, 1.82) is 0 Å². The van der Waals surface area contributed by atoms with Gasteiger partial charge in [0.25, 0.3) is 5.91 Å². The predicted octanol–water partition coefficient (Wildman–Crippen LogP) is 1.86. The molecular weight excluding hydrogens is 189 g/mol. The van der Waals surface area contributed by atoms with E-state index in [9.17, 15) is 9.18 Å². The van der Waals surface area contributed by atoms with E-state index < -0.39 is 5.82 Å². The van der Waals surface area contributed by atoms with Crippen LogP contribution in [0.5, 0.6) is 0 Å². The van der Waals surface area contributed by atoms with Crippen molar-refractivity contribution in [2.75, 3.05) is 6.54 Å². The Balaban J connectivity index is 3.01. The molecule has 0 aromatic heterocycles. The van der Waals surface area contributed by atoms with Crippen molar-refractivity contribution in [3.63, 3.8) is 0 Å². The van der Waals surface area contributed by atoms with Gasteiger partial charge in [-0.2, -0.15) is 0 Å². The maximum absolute atomic E-state index is 12.9. The van der Waals surface area contributed by atoms with Gasteiger partial charge >= 0.3 is 0 Å². The molecular formula is C9H10FNOS. The van der Waals surface area contributed by atoms with Crippen molar-refractivity contribution in [3.05, 3.63) is 29.6 Å². The molecule has 1 rings (SSSR count). The van der Waals surface area contributed by atoms with Crippen LogP contribution in [0.4, 0.5) is 4.39 Å². The number of benzene rings is 1. The second kappa shape index (κ2) is 4.28. The van der Waals surface area contributed by atoms with Gasteiger partial charge in [0, 0.05) is 6.54 Å². The van der Waals surface area contributed by atoms with Crippen LogP contribution in [0.3, 0.4) is 0 Å². The molecule has 70 valence electrons. The fraction of sp³-hybridized carbons (Fsp3) is 0.222. The second-order valence-corrected chi connectivity index (χ2v) is 2.94. The number of halogens is 1. The molecule has 0 aliphatic rings. The highest BCUT2D eigenvalue weighted by Gasteiger charge is 2.10. The van der Waals surface area contributed by atoms with E-state index in [-0.39, 0.29) is 16.4 Å². The van der Waals surface area contributed by atoms with Crippen molar-refractivity contribution < 1.29 is 9.18 Å². The van der Waals surface area contributed by atoms with E-state index in [4.69, 9.17) is 0 Å². The monoisotopic (exact) mass is 199 g/mol. The summed E-state index contributed by atoms with van der Waals surface area (Å²) in [6, 6.07) is 4.29. The number of amides is 1. The molecule has 0 bridgehead atoms. The van der Waals surface area contributed by atoms with Crippen molar-refractivity contribution in [2.45, 2.75) is 11.8 Å². The first-order chi connectivity index (χ1) is 6.16. The molecule has 4 heteroatoms. The SMILES string of the molecule is CCNC(=O)c1cccc(F)c1S. The topological polar surface area (TPSA) is 29.1 Å². The molecule has 2 nitrogen and oxygen atoms in total. The van der Waals surface area contributed by atoms with E-state index in [0.717, 1.165) is 0 Å². The minimum atomic E-state index is -0.480. The number of nitrogens with one attached hydrogen (secondary N) is 1. The smallest absolute Gasteiger partial charge is 0.252 e. The zero-order valence-electron chi connectivity index (χ0n) is 7.17. The Bertz CT molecular complexity index is 327. The number of hydrogen-bond acceptors (Lipinski definition) is 2. The van der Waals surface area contributed by atoms with Gasteiger partial charge in [0.05, 0.1) is 10.5 Å². The van der Waals surface area contributed by atoms with Crippen molar-refractivity contribution in [2.24, 2.45) is 0 Å². The summed E-state index contributed by atoms with van der Waals surface area (Å²) >= 11 is 3.91. The molecule has 0 fully saturated rings. The van der Waals surface area contributed by atoms with Gasteiger partial charge in [-0.1, -0.05) is 6.07 Å². The third kappa shape index (κ3) is 2.21. The molecule has 1 amide bonds. The van der Waals surface area contributed by atoms with Crippen LogP contribution in [0.2, 0.25) is 0 Å². The standard InChI is InChI=1S/C9H10FNOS/c1-2-11-9(12)6-4-3-5-7(10)8(6)13/h3-5,13H,2H2,1H3,(H,11,12). The summed E-state index contributed by atoms with van der Waals surface area (Å²) in [6.07, 6.45) is 0. The number of carbonyl (C=O) groups is 1. The van der Waals surface area contributed by atoms with Crippen LogP contribution in [-0.4, -0.2) is 12.5 Å². The van der Waals surface area contributed by atoms with Gasteiger partial charge in [0.15, 0.2) is 0 Å². The molecule has 1 aromatic carbocycles. The molecule has 0 aliphatic carbocycles. The quantitative estimate of drug-likeness (QED) is 0.699. The fourth-order valence-electron chi connectivity index (χ4n) is 0.954. The Labute approximate surface area is 81.6 Å². The average Bonchev–Trinajstić information content (AvgIpc) is 2.10. The molecule has 0 saturated heterocycles. The Morgan fingerprint density at radius 3 is 2.92 bits per heavy atom. The van der Waals surface area contributed by atoms with Crippen LogP contribution in [-0.2, 0) is 0 Å². The van der Waals surface area contributed by atoms with Gasteiger partial charge in [-0.25, -0.2) is 4.39 Å². The molecule has 1 N–H and O–H groups in total. The zero-order chi connectivity index (χ0) is 9.84. The Hall–Kier alpha value is -1.03. The van der Waals surface area contributed by atoms with Gasteiger partial charge in [-0.05, 0) is 19.1 Å². The Morgan fingerprint density at radius 1 is 1.62 bits per heavy atom. The van der Waals surface area contributed by atoms with E-state index in [1.165, 1.54) is 18.2 Å². The van der Waals surface area contributed by atoms with E-state index in [0.29, 0.717) is 6.54 Å². The lowest BCUT2D eigenvalue weighted by Crippen LogP contribution is -2.23. The number of thiol groups is 1. The van der Waals surface area contributed by atoms with Crippen LogP contribution in [0.15, 0.2) is 23.1 Å². The highest BCUT2D eigenvalue weighted by molar-refractivity contribution is 7.80. The minimum absolute atomic E-state index is 0.0912. The highest BCUT2D eigenvalue weighted by atomic mass is 32.1. The maximum atomic E-state index is 12.9. The molecule has 13 heavy (non-hydrogen) atoms. The van der Waals surface area contributed by atoms with Crippen LogP contribution in [0, 0.1) is 5.82 Å². The molecule has 0 saturated carbocycles. The Morgan fingerprint density at radius 2 is 2.31 bits per heavy atom. The third-order valence-electron chi connectivity index (χ3n) is 1.57. The number of carbonyl (C=O) groups excluding carboxylic acids is 1. The predicted molar refractivity (Wildman–Crippen MR) is 51.7 cm³/mol. The van der Waals surface area contributed by atoms with Crippen molar-refractivity contribution in [3.8, 4) is 0 Å².